The van der Waals surface area contributed by atoms with Crippen molar-refractivity contribution in [3.05, 3.63) is 41.7 Å². The molecule has 1 aromatic carbocycles. The lowest BCUT2D eigenvalue weighted by molar-refractivity contribution is 0.474. The summed E-state index contributed by atoms with van der Waals surface area (Å²) in [5.41, 5.74) is 1.98. The van der Waals surface area contributed by atoms with Crippen molar-refractivity contribution in [1.29, 1.82) is 0 Å². The van der Waals surface area contributed by atoms with Gasteiger partial charge in [0, 0.05) is 12.6 Å². The van der Waals surface area contributed by atoms with Crippen LogP contribution in [0.4, 0.5) is 0 Å². The van der Waals surface area contributed by atoms with Gasteiger partial charge >= 0.3 is 0 Å². The maximum Gasteiger partial charge on any atom is 0.115 e. The predicted octanol–water partition coefficient (Wildman–Crippen LogP) is 1.28. The van der Waals surface area contributed by atoms with Crippen LogP contribution in [-0.2, 0) is 13.1 Å². The molecule has 18 heavy (non-hydrogen) atoms. The summed E-state index contributed by atoms with van der Waals surface area (Å²) in [7, 11) is 0. The number of rotatable bonds is 5. The molecule has 0 amide bonds. The first-order valence-electron chi connectivity index (χ1n) is 6.20. The molecule has 1 heterocycles. The molecule has 1 aliphatic carbocycles. The Kier molecular flexibility index (Phi) is 2.98. The molecular formula is C13H16N4O. The van der Waals surface area contributed by atoms with Crippen LogP contribution in [0.25, 0.3) is 0 Å². The van der Waals surface area contributed by atoms with E-state index in [1.54, 1.807) is 16.8 Å². The molecule has 2 N–H and O–H groups in total. The van der Waals surface area contributed by atoms with Gasteiger partial charge in [-0.1, -0.05) is 17.3 Å². The van der Waals surface area contributed by atoms with E-state index in [0.717, 1.165) is 17.8 Å². The Morgan fingerprint density at radius 1 is 1.39 bits per heavy atom. The molecule has 2 aromatic rings. The van der Waals surface area contributed by atoms with Crippen LogP contribution < -0.4 is 5.32 Å². The first-order chi connectivity index (χ1) is 8.79. The van der Waals surface area contributed by atoms with Crippen molar-refractivity contribution in [2.45, 2.75) is 32.0 Å². The number of hydrogen-bond donors (Lipinski definition) is 2. The average molecular weight is 244 g/mol. The molecular weight excluding hydrogens is 228 g/mol. The number of benzene rings is 1. The SMILES string of the molecule is Oc1cccc(Cn2cc(CNC3CC3)nn2)c1. The van der Waals surface area contributed by atoms with Crippen molar-refractivity contribution in [3.63, 3.8) is 0 Å². The summed E-state index contributed by atoms with van der Waals surface area (Å²) in [6, 6.07) is 7.88. The first-order valence-corrected chi connectivity index (χ1v) is 6.20. The van der Waals surface area contributed by atoms with E-state index >= 15 is 0 Å². The Balaban J connectivity index is 1.61. The third-order valence-electron chi connectivity index (χ3n) is 2.99. The standard InChI is InChI=1S/C13H16N4O/c18-13-3-1-2-10(6-13)8-17-9-12(15-16-17)7-14-11-4-5-11/h1-3,6,9,11,14,18H,4-5,7-8H2. The molecule has 5 nitrogen and oxygen atoms in total. The second-order valence-corrected chi connectivity index (χ2v) is 4.73. The maximum atomic E-state index is 9.39. The Labute approximate surface area is 105 Å². The molecule has 0 bridgehead atoms. The van der Waals surface area contributed by atoms with E-state index < -0.39 is 0 Å². The van der Waals surface area contributed by atoms with Crippen LogP contribution in [0.1, 0.15) is 24.1 Å². The van der Waals surface area contributed by atoms with E-state index in [9.17, 15) is 5.11 Å². The van der Waals surface area contributed by atoms with Crippen LogP contribution in [0.3, 0.4) is 0 Å². The summed E-state index contributed by atoms with van der Waals surface area (Å²) in [6.07, 6.45) is 4.49. The highest BCUT2D eigenvalue weighted by atomic mass is 16.3. The Hall–Kier alpha value is -1.88. The molecule has 1 aromatic heterocycles. The summed E-state index contributed by atoms with van der Waals surface area (Å²) < 4.78 is 1.79. The van der Waals surface area contributed by atoms with E-state index in [2.05, 4.69) is 15.6 Å². The van der Waals surface area contributed by atoms with Gasteiger partial charge in [-0.2, -0.15) is 0 Å². The summed E-state index contributed by atoms with van der Waals surface area (Å²) in [5, 5.41) is 21.0. The number of aromatic nitrogens is 3. The third kappa shape index (κ3) is 2.87. The molecule has 0 atom stereocenters. The first kappa shape index (κ1) is 11.2. The van der Waals surface area contributed by atoms with Crippen LogP contribution in [0.15, 0.2) is 30.5 Å². The summed E-state index contributed by atoms with van der Waals surface area (Å²) in [4.78, 5) is 0. The van der Waals surface area contributed by atoms with Crippen LogP contribution in [0.5, 0.6) is 5.75 Å². The highest BCUT2D eigenvalue weighted by Crippen LogP contribution is 2.19. The van der Waals surface area contributed by atoms with Crippen molar-refractivity contribution >= 4 is 0 Å². The van der Waals surface area contributed by atoms with Gasteiger partial charge < -0.3 is 10.4 Å². The molecule has 3 rings (SSSR count). The fourth-order valence-electron chi connectivity index (χ4n) is 1.88. The Bertz CT molecular complexity index is 533. The van der Waals surface area contributed by atoms with Crippen molar-refractivity contribution in [1.82, 2.24) is 20.3 Å². The minimum absolute atomic E-state index is 0.281. The number of phenols is 1. The predicted molar refractivity (Wildman–Crippen MR) is 67.1 cm³/mol. The lowest BCUT2D eigenvalue weighted by atomic mass is 10.2. The van der Waals surface area contributed by atoms with E-state index in [1.165, 1.54) is 12.8 Å². The molecule has 1 aliphatic rings. The summed E-state index contributed by atoms with van der Waals surface area (Å²) in [5.74, 6) is 0.281. The van der Waals surface area contributed by atoms with Crippen molar-refractivity contribution in [3.8, 4) is 5.75 Å². The van der Waals surface area contributed by atoms with E-state index in [-0.39, 0.29) is 5.75 Å². The molecule has 0 unspecified atom stereocenters. The van der Waals surface area contributed by atoms with Gasteiger partial charge in [0.2, 0.25) is 0 Å². The zero-order valence-electron chi connectivity index (χ0n) is 10.1. The highest BCUT2D eigenvalue weighted by Gasteiger charge is 2.20. The zero-order valence-corrected chi connectivity index (χ0v) is 10.1. The number of nitrogens with zero attached hydrogens (tertiary/aromatic N) is 3. The smallest absolute Gasteiger partial charge is 0.115 e. The Morgan fingerprint density at radius 2 is 2.28 bits per heavy atom. The van der Waals surface area contributed by atoms with Crippen molar-refractivity contribution in [2.75, 3.05) is 0 Å². The third-order valence-corrected chi connectivity index (χ3v) is 2.99. The molecule has 94 valence electrons. The van der Waals surface area contributed by atoms with Crippen LogP contribution in [0, 0.1) is 0 Å². The van der Waals surface area contributed by atoms with Gasteiger partial charge in [0.05, 0.1) is 18.4 Å². The molecule has 0 saturated heterocycles. The van der Waals surface area contributed by atoms with Gasteiger partial charge in [0.15, 0.2) is 0 Å². The van der Waals surface area contributed by atoms with Gasteiger partial charge in [-0.15, -0.1) is 5.10 Å². The van der Waals surface area contributed by atoms with E-state index in [0.29, 0.717) is 12.6 Å². The average Bonchev–Trinajstić information content (AvgIpc) is 3.08. The summed E-state index contributed by atoms with van der Waals surface area (Å²) >= 11 is 0. The van der Waals surface area contributed by atoms with Gasteiger partial charge in [-0.3, -0.25) is 0 Å². The normalized spacial score (nSPS) is 14.9. The molecule has 1 fully saturated rings. The van der Waals surface area contributed by atoms with Gasteiger partial charge in [0.1, 0.15) is 5.75 Å². The molecule has 0 radical (unpaired) electrons. The number of nitrogens with one attached hydrogen (secondary N) is 1. The zero-order chi connectivity index (χ0) is 12.4. The van der Waals surface area contributed by atoms with Crippen LogP contribution >= 0.6 is 0 Å². The molecule has 0 spiro atoms. The topological polar surface area (TPSA) is 63.0 Å². The lowest BCUT2D eigenvalue weighted by Crippen LogP contribution is -2.15. The molecule has 5 heteroatoms. The van der Waals surface area contributed by atoms with Crippen LogP contribution in [0.2, 0.25) is 0 Å². The van der Waals surface area contributed by atoms with Gasteiger partial charge in [-0.25, -0.2) is 4.68 Å². The maximum absolute atomic E-state index is 9.39. The van der Waals surface area contributed by atoms with Crippen LogP contribution in [-0.4, -0.2) is 26.1 Å². The van der Waals surface area contributed by atoms with E-state index in [1.807, 2.05) is 18.3 Å². The quantitative estimate of drug-likeness (QED) is 0.831. The summed E-state index contributed by atoms with van der Waals surface area (Å²) in [6.45, 7) is 1.41. The van der Waals surface area contributed by atoms with Gasteiger partial charge in [-0.05, 0) is 30.5 Å². The largest absolute Gasteiger partial charge is 0.508 e. The molecule has 0 aliphatic heterocycles. The number of aromatic hydroxyl groups is 1. The fourth-order valence-corrected chi connectivity index (χ4v) is 1.88. The lowest BCUT2D eigenvalue weighted by Gasteiger charge is -2.01. The Morgan fingerprint density at radius 3 is 3.06 bits per heavy atom. The monoisotopic (exact) mass is 244 g/mol. The van der Waals surface area contributed by atoms with Crippen molar-refractivity contribution < 1.29 is 5.11 Å². The number of phenolic OH excluding ortho intramolecular Hbond substituents is 1. The second-order valence-electron chi connectivity index (χ2n) is 4.73. The second kappa shape index (κ2) is 4.78. The van der Waals surface area contributed by atoms with Crippen molar-refractivity contribution in [2.24, 2.45) is 0 Å². The van der Waals surface area contributed by atoms with Gasteiger partial charge in [0.25, 0.3) is 0 Å². The minimum atomic E-state index is 0.281. The minimum Gasteiger partial charge on any atom is -0.508 e. The van der Waals surface area contributed by atoms with E-state index in [4.69, 9.17) is 0 Å². The highest BCUT2D eigenvalue weighted by molar-refractivity contribution is 5.27. The molecule has 1 saturated carbocycles. The number of hydrogen-bond acceptors (Lipinski definition) is 4. The fraction of sp³-hybridized carbons (Fsp3) is 0.385.